The Balaban J connectivity index is 2.45. The van der Waals surface area contributed by atoms with E-state index >= 15 is 0 Å². The summed E-state index contributed by atoms with van der Waals surface area (Å²) in [6.45, 7) is 3.67. The summed E-state index contributed by atoms with van der Waals surface area (Å²) in [4.78, 5) is 23.8. The minimum Gasteiger partial charge on any atom is -0.506 e. The number of rotatable bonds is 2. The number of ether oxygens (including phenoxy) is 1. The standard InChI is InChI=1S/C15H13NO4/c1-7(2)20-13-9-6-4-3-5-8(9)12(17)10-11(13)15(19)16-14(10)18/h3-7,17H,1-2H3,(H,16,18,19). The van der Waals surface area contributed by atoms with E-state index in [1.54, 1.807) is 24.3 Å². The van der Waals surface area contributed by atoms with E-state index in [0.29, 0.717) is 16.5 Å². The third kappa shape index (κ3) is 1.63. The molecule has 0 radical (unpaired) electrons. The van der Waals surface area contributed by atoms with E-state index in [4.69, 9.17) is 4.74 Å². The van der Waals surface area contributed by atoms with Crippen molar-refractivity contribution >= 4 is 22.6 Å². The predicted molar refractivity (Wildman–Crippen MR) is 73.2 cm³/mol. The third-order valence-corrected chi connectivity index (χ3v) is 3.18. The summed E-state index contributed by atoms with van der Waals surface area (Å²) in [5.74, 6) is -0.981. The van der Waals surface area contributed by atoms with Crippen LogP contribution in [0.1, 0.15) is 34.6 Å². The van der Waals surface area contributed by atoms with Crippen LogP contribution in [0.25, 0.3) is 10.8 Å². The average molecular weight is 271 g/mol. The van der Waals surface area contributed by atoms with Gasteiger partial charge in [0.2, 0.25) is 0 Å². The smallest absolute Gasteiger partial charge is 0.262 e. The number of carbonyl (C=O) groups excluding carboxylic acids is 2. The van der Waals surface area contributed by atoms with Crippen molar-refractivity contribution in [2.24, 2.45) is 0 Å². The van der Waals surface area contributed by atoms with Crippen molar-refractivity contribution in [3.63, 3.8) is 0 Å². The van der Waals surface area contributed by atoms with Crippen LogP contribution in [-0.2, 0) is 0 Å². The zero-order valence-electron chi connectivity index (χ0n) is 11.1. The molecule has 0 saturated carbocycles. The van der Waals surface area contributed by atoms with E-state index in [1.165, 1.54) is 0 Å². The van der Waals surface area contributed by atoms with Crippen LogP contribution in [0, 0.1) is 0 Å². The molecular formula is C15H13NO4. The van der Waals surface area contributed by atoms with Crippen molar-refractivity contribution in [2.75, 3.05) is 0 Å². The Morgan fingerprint density at radius 1 is 1.05 bits per heavy atom. The first-order chi connectivity index (χ1) is 9.50. The highest BCUT2D eigenvalue weighted by molar-refractivity contribution is 6.27. The Bertz CT molecular complexity index is 749. The second-order valence-electron chi connectivity index (χ2n) is 4.92. The van der Waals surface area contributed by atoms with Gasteiger partial charge in [-0.25, -0.2) is 0 Å². The van der Waals surface area contributed by atoms with Gasteiger partial charge in [-0.15, -0.1) is 0 Å². The topological polar surface area (TPSA) is 75.6 Å². The maximum Gasteiger partial charge on any atom is 0.262 e. The Morgan fingerprint density at radius 2 is 1.65 bits per heavy atom. The maximum atomic E-state index is 12.0. The highest BCUT2D eigenvalue weighted by Gasteiger charge is 2.36. The van der Waals surface area contributed by atoms with Gasteiger partial charge in [-0.05, 0) is 13.8 Å². The number of hydrogen-bond donors (Lipinski definition) is 2. The van der Waals surface area contributed by atoms with Gasteiger partial charge in [0.1, 0.15) is 11.5 Å². The van der Waals surface area contributed by atoms with E-state index in [2.05, 4.69) is 5.32 Å². The monoisotopic (exact) mass is 271 g/mol. The van der Waals surface area contributed by atoms with Gasteiger partial charge in [0, 0.05) is 10.8 Å². The quantitative estimate of drug-likeness (QED) is 0.821. The number of phenolic OH excluding ortho intramolecular Hbond substituents is 1. The molecule has 0 aromatic heterocycles. The van der Waals surface area contributed by atoms with Crippen molar-refractivity contribution in [3.8, 4) is 11.5 Å². The minimum absolute atomic E-state index is 0.00986. The maximum absolute atomic E-state index is 12.0. The van der Waals surface area contributed by atoms with Crippen LogP contribution in [0.3, 0.4) is 0 Å². The number of amides is 2. The van der Waals surface area contributed by atoms with Gasteiger partial charge in [0.05, 0.1) is 17.2 Å². The van der Waals surface area contributed by atoms with Gasteiger partial charge in [0.25, 0.3) is 11.8 Å². The lowest BCUT2D eigenvalue weighted by atomic mass is 9.99. The molecule has 2 aromatic rings. The molecule has 5 heteroatoms. The van der Waals surface area contributed by atoms with Crippen LogP contribution < -0.4 is 10.1 Å². The van der Waals surface area contributed by atoms with E-state index in [1.807, 2.05) is 13.8 Å². The van der Waals surface area contributed by atoms with E-state index in [-0.39, 0.29) is 23.0 Å². The average Bonchev–Trinajstić information content (AvgIpc) is 2.69. The molecule has 1 aliphatic heterocycles. The van der Waals surface area contributed by atoms with Crippen LogP contribution in [-0.4, -0.2) is 23.0 Å². The lowest BCUT2D eigenvalue weighted by Crippen LogP contribution is -2.20. The van der Waals surface area contributed by atoms with Gasteiger partial charge in [0.15, 0.2) is 0 Å². The molecule has 5 nitrogen and oxygen atoms in total. The number of hydrogen-bond acceptors (Lipinski definition) is 4. The molecule has 1 aliphatic rings. The summed E-state index contributed by atoms with van der Waals surface area (Å²) >= 11 is 0. The second-order valence-corrected chi connectivity index (χ2v) is 4.92. The van der Waals surface area contributed by atoms with Crippen LogP contribution >= 0.6 is 0 Å². The molecule has 2 aromatic carbocycles. The number of benzene rings is 2. The lowest BCUT2D eigenvalue weighted by molar-refractivity contribution is 0.0878. The van der Waals surface area contributed by atoms with Crippen molar-refractivity contribution < 1.29 is 19.4 Å². The van der Waals surface area contributed by atoms with Crippen LogP contribution in [0.5, 0.6) is 11.5 Å². The molecule has 2 N–H and O–H groups in total. The molecule has 20 heavy (non-hydrogen) atoms. The molecule has 3 rings (SSSR count). The predicted octanol–water partition coefficient (Wildman–Crippen LogP) is 2.22. The summed E-state index contributed by atoms with van der Waals surface area (Å²) in [5.41, 5.74) is 0.101. The molecular weight excluding hydrogens is 258 g/mol. The Morgan fingerprint density at radius 3 is 2.30 bits per heavy atom. The minimum atomic E-state index is -0.596. The molecule has 0 spiro atoms. The highest BCUT2D eigenvalue weighted by Crippen LogP contribution is 2.42. The molecule has 0 saturated heterocycles. The fourth-order valence-electron chi connectivity index (χ4n) is 2.41. The molecule has 0 unspecified atom stereocenters. The zero-order chi connectivity index (χ0) is 14.4. The van der Waals surface area contributed by atoms with Crippen molar-refractivity contribution in [1.29, 1.82) is 0 Å². The summed E-state index contributed by atoms with van der Waals surface area (Å²) in [6, 6.07) is 6.98. The number of imide groups is 1. The van der Waals surface area contributed by atoms with E-state index < -0.39 is 11.8 Å². The van der Waals surface area contributed by atoms with Gasteiger partial charge in [-0.1, -0.05) is 24.3 Å². The SMILES string of the molecule is CC(C)Oc1c2c(c(O)c3ccccc13)C(=O)NC2=O. The van der Waals surface area contributed by atoms with Crippen molar-refractivity contribution in [3.05, 3.63) is 35.4 Å². The van der Waals surface area contributed by atoms with Gasteiger partial charge < -0.3 is 9.84 Å². The van der Waals surface area contributed by atoms with Crippen molar-refractivity contribution in [1.82, 2.24) is 5.32 Å². The summed E-state index contributed by atoms with van der Waals surface area (Å²) in [7, 11) is 0. The first-order valence-corrected chi connectivity index (χ1v) is 6.30. The third-order valence-electron chi connectivity index (χ3n) is 3.18. The summed E-state index contributed by atoms with van der Waals surface area (Å²) in [6.07, 6.45) is -0.157. The van der Waals surface area contributed by atoms with E-state index in [9.17, 15) is 14.7 Å². The first kappa shape index (κ1) is 12.5. The number of carbonyl (C=O) groups is 2. The number of fused-ring (bicyclic) bond motifs is 2. The largest absolute Gasteiger partial charge is 0.506 e. The van der Waals surface area contributed by atoms with Crippen LogP contribution in [0.4, 0.5) is 0 Å². The number of nitrogens with one attached hydrogen (secondary N) is 1. The van der Waals surface area contributed by atoms with Gasteiger partial charge >= 0.3 is 0 Å². The highest BCUT2D eigenvalue weighted by atomic mass is 16.5. The molecule has 2 amide bonds. The molecule has 1 heterocycles. The molecule has 0 fully saturated rings. The number of phenols is 1. The fourth-order valence-corrected chi connectivity index (χ4v) is 2.41. The van der Waals surface area contributed by atoms with Crippen LogP contribution in [0.15, 0.2) is 24.3 Å². The van der Waals surface area contributed by atoms with E-state index in [0.717, 1.165) is 0 Å². The summed E-state index contributed by atoms with van der Waals surface area (Å²) < 4.78 is 5.72. The Hall–Kier alpha value is -2.56. The summed E-state index contributed by atoms with van der Waals surface area (Å²) in [5, 5.41) is 13.5. The molecule has 102 valence electrons. The molecule has 0 aliphatic carbocycles. The fraction of sp³-hybridized carbons (Fsp3) is 0.200. The first-order valence-electron chi connectivity index (χ1n) is 6.30. The number of aromatic hydroxyl groups is 1. The Kier molecular flexibility index (Phi) is 2.64. The second kappa shape index (κ2) is 4.23. The molecule has 0 bridgehead atoms. The lowest BCUT2D eigenvalue weighted by Gasteiger charge is -2.16. The Labute approximate surface area is 115 Å². The van der Waals surface area contributed by atoms with Crippen molar-refractivity contribution in [2.45, 2.75) is 20.0 Å². The van der Waals surface area contributed by atoms with Gasteiger partial charge in [-0.3, -0.25) is 14.9 Å². The zero-order valence-corrected chi connectivity index (χ0v) is 11.1. The normalized spacial score (nSPS) is 13.8. The van der Waals surface area contributed by atoms with Crippen LogP contribution in [0.2, 0.25) is 0 Å². The van der Waals surface area contributed by atoms with Gasteiger partial charge in [-0.2, -0.15) is 0 Å². The molecule has 0 atom stereocenters.